The largest absolute Gasteiger partial charge is 0.466 e. The Balaban J connectivity index is 2.49. The van der Waals surface area contributed by atoms with Crippen molar-refractivity contribution in [3.63, 3.8) is 0 Å². The molecule has 0 unspecified atom stereocenters. The second-order valence-electron chi connectivity index (χ2n) is 5.79. The Hall–Kier alpha value is -1.59. The van der Waals surface area contributed by atoms with E-state index in [-0.39, 0.29) is 24.2 Å². The van der Waals surface area contributed by atoms with Gasteiger partial charge in [-0.1, -0.05) is 19.8 Å². The molecule has 0 aromatic rings. The van der Waals surface area contributed by atoms with Crippen LogP contribution >= 0.6 is 0 Å². The number of carbonyl (C=O) groups excluding carboxylic acids is 3. The first-order valence-electron chi connectivity index (χ1n) is 7.68. The van der Waals surface area contributed by atoms with Crippen LogP contribution in [0.2, 0.25) is 0 Å². The summed E-state index contributed by atoms with van der Waals surface area (Å²) in [6.45, 7) is 3.72. The number of amides is 2. The lowest BCUT2D eigenvalue weighted by Gasteiger charge is -2.22. The Labute approximate surface area is 125 Å². The Kier molecular flexibility index (Phi) is 7.19. The Bertz CT molecular complexity index is 378. The fourth-order valence-electron chi connectivity index (χ4n) is 2.80. The highest BCUT2D eigenvalue weighted by atomic mass is 16.5. The third kappa shape index (κ3) is 6.14. The molecule has 1 fully saturated rings. The summed E-state index contributed by atoms with van der Waals surface area (Å²) >= 11 is 0. The van der Waals surface area contributed by atoms with E-state index >= 15 is 0 Å². The summed E-state index contributed by atoms with van der Waals surface area (Å²) < 4.78 is 4.85. The van der Waals surface area contributed by atoms with E-state index in [0.29, 0.717) is 18.9 Å². The van der Waals surface area contributed by atoms with Gasteiger partial charge in [0.15, 0.2) is 0 Å². The molecule has 3 N–H and O–H groups in total. The fraction of sp³-hybridized carbons (Fsp3) is 0.800. The van der Waals surface area contributed by atoms with E-state index in [4.69, 9.17) is 10.5 Å². The first-order chi connectivity index (χ1) is 9.93. The molecular formula is C15H26N2O4. The third-order valence-corrected chi connectivity index (χ3v) is 3.93. The van der Waals surface area contributed by atoms with Gasteiger partial charge < -0.3 is 15.8 Å². The minimum Gasteiger partial charge on any atom is -0.466 e. The Morgan fingerprint density at radius 1 is 1.29 bits per heavy atom. The van der Waals surface area contributed by atoms with Crippen molar-refractivity contribution in [1.29, 1.82) is 0 Å². The number of nitrogens with two attached hydrogens (primary N) is 1. The Morgan fingerprint density at radius 3 is 2.43 bits per heavy atom. The van der Waals surface area contributed by atoms with E-state index in [1.54, 1.807) is 13.8 Å². The molecule has 0 aromatic heterocycles. The number of primary amides is 1. The van der Waals surface area contributed by atoms with Gasteiger partial charge in [0.2, 0.25) is 11.8 Å². The highest BCUT2D eigenvalue weighted by molar-refractivity contribution is 5.87. The first kappa shape index (κ1) is 17.5. The van der Waals surface area contributed by atoms with Gasteiger partial charge in [-0.25, -0.2) is 0 Å². The normalized spacial score (nSPS) is 18.0. The number of carbonyl (C=O) groups is 3. The summed E-state index contributed by atoms with van der Waals surface area (Å²) in [5.41, 5.74) is 5.34. The van der Waals surface area contributed by atoms with Gasteiger partial charge in [-0.2, -0.15) is 0 Å². The van der Waals surface area contributed by atoms with Crippen molar-refractivity contribution in [3.05, 3.63) is 0 Å². The zero-order valence-corrected chi connectivity index (χ0v) is 12.9. The predicted octanol–water partition coefficient (Wildman–Crippen LogP) is 1.13. The van der Waals surface area contributed by atoms with Crippen LogP contribution in [0.25, 0.3) is 0 Å². The molecule has 0 aliphatic heterocycles. The number of esters is 1. The fourth-order valence-corrected chi connectivity index (χ4v) is 2.80. The van der Waals surface area contributed by atoms with Crippen molar-refractivity contribution >= 4 is 17.8 Å². The summed E-state index contributed by atoms with van der Waals surface area (Å²) in [7, 11) is 0. The molecule has 1 rings (SSSR count). The summed E-state index contributed by atoms with van der Waals surface area (Å²) in [4.78, 5) is 35.0. The van der Waals surface area contributed by atoms with E-state index in [1.807, 2.05) is 0 Å². The number of rotatable bonds is 8. The molecule has 21 heavy (non-hydrogen) atoms. The number of ether oxygens (including phenoxy) is 1. The molecule has 6 heteroatoms. The zero-order chi connectivity index (χ0) is 15.8. The van der Waals surface area contributed by atoms with Gasteiger partial charge in [-0.15, -0.1) is 0 Å². The molecular weight excluding hydrogens is 272 g/mol. The molecule has 0 saturated heterocycles. The van der Waals surface area contributed by atoms with Crippen LogP contribution in [0.5, 0.6) is 0 Å². The molecule has 0 spiro atoms. The van der Waals surface area contributed by atoms with Crippen molar-refractivity contribution in [2.24, 2.45) is 17.6 Å². The molecule has 1 aliphatic rings. The highest BCUT2D eigenvalue weighted by Gasteiger charge is 2.28. The average molecular weight is 298 g/mol. The molecule has 2 atom stereocenters. The smallest absolute Gasteiger partial charge is 0.306 e. The van der Waals surface area contributed by atoms with E-state index in [0.717, 1.165) is 25.7 Å². The molecule has 6 nitrogen and oxygen atoms in total. The molecule has 0 aromatic carbocycles. The second-order valence-corrected chi connectivity index (χ2v) is 5.79. The first-order valence-corrected chi connectivity index (χ1v) is 7.68. The van der Waals surface area contributed by atoms with Crippen LogP contribution in [0, 0.1) is 11.8 Å². The van der Waals surface area contributed by atoms with Crippen molar-refractivity contribution < 1.29 is 19.1 Å². The molecule has 0 heterocycles. The SMILES string of the molecule is CCOC(=O)C[C@H](C)[C@@H](NC(=O)CC1CCCC1)C(N)=O. The summed E-state index contributed by atoms with van der Waals surface area (Å²) in [6.07, 6.45) is 4.94. The predicted molar refractivity (Wildman–Crippen MR) is 78.1 cm³/mol. The van der Waals surface area contributed by atoms with E-state index in [1.165, 1.54) is 0 Å². The quantitative estimate of drug-likeness (QED) is 0.656. The minimum atomic E-state index is -0.830. The standard InChI is InChI=1S/C15H26N2O4/c1-3-21-13(19)8-10(2)14(15(16)20)17-12(18)9-11-6-4-5-7-11/h10-11,14H,3-9H2,1-2H3,(H2,16,20)(H,17,18)/t10-,14+/m0/s1. The van der Waals surface area contributed by atoms with Crippen molar-refractivity contribution in [2.75, 3.05) is 6.61 Å². The number of hydrogen-bond donors (Lipinski definition) is 2. The van der Waals surface area contributed by atoms with Crippen LogP contribution in [0.1, 0.15) is 52.4 Å². The van der Waals surface area contributed by atoms with Crippen LogP contribution in [-0.4, -0.2) is 30.4 Å². The van der Waals surface area contributed by atoms with Crippen LogP contribution < -0.4 is 11.1 Å². The maximum absolute atomic E-state index is 12.0. The zero-order valence-electron chi connectivity index (χ0n) is 12.9. The van der Waals surface area contributed by atoms with Gasteiger partial charge >= 0.3 is 5.97 Å². The summed E-state index contributed by atoms with van der Waals surface area (Å²) in [6, 6.07) is -0.830. The number of hydrogen-bond acceptors (Lipinski definition) is 4. The van der Waals surface area contributed by atoms with E-state index in [9.17, 15) is 14.4 Å². The van der Waals surface area contributed by atoms with Crippen molar-refractivity contribution in [2.45, 2.75) is 58.4 Å². The molecule has 1 saturated carbocycles. The maximum Gasteiger partial charge on any atom is 0.306 e. The highest BCUT2D eigenvalue weighted by Crippen LogP contribution is 2.27. The van der Waals surface area contributed by atoms with Crippen LogP contribution in [0.4, 0.5) is 0 Å². The van der Waals surface area contributed by atoms with Gasteiger partial charge in [-0.05, 0) is 31.6 Å². The third-order valence-electron chi connectivity index (χ3n) is 3.93. The lowest BCUT2D eigenvalue weighted by atomic mass is 9.96. The van der Waals surface area contributed by atoms with Crippen molar-refractivity contribution in [1.82, 2.24) is 5.32 Å². The van der Waals surface area contributed by atoms with Gasteiger partial charge in [0.1, 0.15) is 6.04 Å². The van der Waals surface area contributed by atoms with Crippen LogP contribution in [0.15, 0.2) is 0 Å². The van der Waals surface area contributed by atoms with Crippen LogP contribution in [0.3, 0.4) is 0 Å². The van der Waals surface area contributed by atoms with Gasteiger partial charge in [0.05, 0.1) is 13.0 Å². The van der Waals surface area contributed by atoms with E-state index < -0.39 is 11.9 Å². The van der Waals surface area contributed by atoms with Crippen molar-refractivity contribution in [3.8, 4) is 0 Å². The van der Waals surface area contributed by atoms with E-state index in [2.05, 4.69) is 5.32 Å². The van der Waals surface area contributed by atoms with Gasteiger partial charge in [0.25, 0.3) is 0 Å². The molecule has 1 aliphatic carbocycles. The summed E-state index contributed by atoms with van der Waals surface area (Å²) in [5, 5.41) is 2.67. The summed E-state index contributed by atoms with van der Waals surface area (Å²) in [5.74, 6) is -1.15. The second kappa shape index (κ2) is 8.64. The maximum atomic E-state index is 12.0. The monoisotopic (exact) mass is 298 g/mol. The number of nitrogens with one attached hydrogen (secondary N) is 1. The lowest BCUT2D eigenvalue weighted by molar-refractivity contribution is -0.145. The van der Waals surface area contributed by atoms with Crippen LogP contribution in [-0.2, 0) is 19.1 Å². The topological polar surface area (TPSA) is 98.5 Å². The average Bonchev–Trinajstić information content (AvgIpc) is 2.88. The molecule has 0 bridgehead atoms. The lowest BCUT2D eigenvalue weighted by Crippen LogP contribution is -2.49. The minimum absolute atomic E-state index is 0.0607. The molecule has 0 radical (unpaired) electrons. The van der Waals surface area contributed by atoms with Gasteiger partial charge in [0, 0.05) is 6.42 Å². The Morgan fingerprint density at radius 2 is 1.90 bits per heavy atom. The molecule has 2 amide bonds. The molecule has 120 valence electrons. The van der Waals surface area contributed by atoms with Gasteiger partial charge in [-0.3, -0.25) is 14.4 Å².